The molecule has 1 aliphatic rings. The fourth-order valence-electron chi connectivity index (χ4n) is 2.58. The molecular weight excluding hydrogens is 264 g/mol. The number of hydrogen-bond acceptors (Lipinski definition) is 3. The van der Waals surface area contributed by atoms with Gasteiger partial charge in [0.25, 0.3) is 0 Å². The molecule has 21 heavy (non-hydrogen) atoms. The molecule has 1 aromatic carbocycles. The first-order valence-electron chi connectivity index (χ1n) is 7.98. The van der Waals surface area contributed by atoms with Gasteiger partial charge in [-0.1, -0.05) is 25.0 Å². The average Bonchev–Trinajstić information content (AvgIpc) is 3.29. The van der Waals surface area contributed by atoms with Crippen LogP contribution < -0.4 is 5.73 Å². The zero-order valence-electron chi connectivity index (χ0n) is 12.6. The monoisotopic (exact) mass is 290 g/mol. The molecule has 0 spiro atoms. The molecule has 0 aliphatic heterocycles. The Morgan fingerprint density at radius 3 is 2.67 bits per heavy atom. The van der Waals surface area contributed by atoms with Gasteiger partial charge in [-0.25, -0.2) is 0 Å². The van der Waals surface area contributed by atoms with Crippen LogP contribution in [0, 0.1) is 0 Å². The molecule has 1 saturated carbocycles. The van der Waals surface area contributed by atoms with Crippen molar-refractivity contribution in [3.05, 3.63) is 29.8 Å². The second-order valence-corrected chi connectivity index (χ2v) is 5.88. The summed E-state index contributed by atoms with van der Waals surface area (Å²) in [6.45, 7) is 1.35. The molecule has 0 unspecified atom stereocenters. The smallest absolute Gasteiger partial charge is 0.223 e. The maximum atomic E-state index is 12.4. The number of carbonyl (C=O) groups excluding carboxylic acids is 1. The predicted octanol–water partition coefficient (Wildman–Crippen LogP) is 2.79. The van der Waals surface area contributed by atoms with E-state index in [4.69, 9.17) is 5.73 Å². The third-order valence-electron chi connectivity index (χ3n) is 3.92. The molecule has 1 amide bonds. The van der Waals surface area contributed by atoms with E-state index in [0.717, 1.165) is 50.6 Å². The zero-order valence-corrected chi connectivity index (χ0v) is 12.6. The Bertz CT molecular complexity index is 458. The van der Waals surface area contributed by atoms with Gasteiger partial charge < -0.3 is 15.7 Å². The SMILES string of the molecule is NCCCCCCC(=O)N(Cc1cccc(O)c1)C1CC1. The molecule has 3 N–H and O–H groups in total. The van der Waals surface area contributed by atoms with Crippen LogP contribution in [0.2, 0.25) is 0 Å². The summed E-state index contributed by atoms with van der Waals surface area (Å²) in [6, 6.07) is 7.59. The minimum Gasteiger partial charge on any atom is -0.508 e. The Hall–Kier alpha value is -1.55. The van der Waals surface area contributed by atoms with Crippen LogP contribution in [0.5, 0.6) is 5.75 Å². The number of nitrogens with two attached hydrogens (primary N) is 1. The number of aromatic hydroxyl groups is 1. The summed E-state index contributed by atoms with van der Waals surface area (Å²) in [4.78, 5) is 14.4. The van der Waals surface area contributed by atoms with Crippen LogP contribution in [0.1, 0.15) is 50.5 Å². The number of nitrogens with zero attached hydrogens (tertiary/aromatic N) is 1. The Morgan fingerprint density at radius 1 is 1.24 bits per heavy atom. The van der Waals surface area contributed by atoms with E-state index in [0.29, 0.717) is 19.0 Å². The highest BCUT2D eigenvalue weighted by Gasteiger charge is 2.32. The molecule has 1 aliphatic carbocycles. The third-order valence-corrected chi connectivity index (χ3v) is 3.92. The lowest BCUT2D eigenvalue weighted by Crippen LogP contribution is -2.32. The molecule has 0 radical (unpaired) electrons. The highest BCUT2D eigenvalue weighted by molar-refractivity contribution is 5.76. The van der Waals surface area contributed by atoms with E-state index in [-0.39, 0.29) is 11.7 Å². The standard InChI is InChI=1S/C17H26N2O2/c18-11-4-2-1-3-8-17(21)19(15-9-10-15)13-14-6-5-7-16(20)12-14/h5-7,12,15,20H,1-4,8-11,13,18H2. The van der Waals surface area contributed by atoms with Gasteiger partial charge in [0.05, 0.1) is 0 Å². The fourth-order valence-corrected chi connectivity index (χ4v) is 2.58. The maximum Gasteiger partial charge on any atom is 0.223 e. The van der Waals surface area contributed by atoms with E-state index < -0.39 is 0 Å². The van der Waals surface area contributed by atoms with Crippen LogP contribution in [-0.4, -0.2) is 28.5 Å². The Morgan fingerprint density at radius 2 is 2.00 bits per heavy atom. The van der Waals surface area contributed by atoms with Crippen LogP contribution in [0.4, 0.5) is 0 Å². The van der Waals surface area contributed by atoms with E-state index >= 15 is 0 Å². The summed E-state index contributed by atoms with van der Waals surface area (Å²) in [7, 11) is 0. The molecule has 1 aromatic rings. The van der Waals surface area contributed by atoms with Gasteiger partial charge in [0.2, 0.25) is 5.91 Å². The minimum atomic E-state index is 0.244. The molecule has 0 aromatic heterocycles. The number of amides is 1. The van der Waals surface area contributed by atoms with E-state index in [1.165, 1.54) is 0 Å². The van der Waals surface area contributed by atoms with E-state index in [1.54, 1.807) is 12.1 Å². The molecule has 116 valence electrons. The molecule has 0 heterocycles. The van der Waals surface area contributed by atoms with Crippen LogP contribution >= 0.6 is 0 Å². The number of phenols is 1. The number of carbonyl (C=O) groups is 1. The molecule has 0 bridgehead atoms. The van der Waals surface area contributed by atoms with Crippen molar-refractivity contribution in [2.24, 2.45) is 5.73 Å². The van der Waals surface area contributed by atoms with Gasteiger partial charge in [-0.2, -0.15) is 0 Å². The molecular formula is C17H26N2O2. The number of unbranched alkanes of at least 4 members (excludes halogenated alkanes) is 3. The molecule has 1 fully saturated rings. The van der Waals surface area contributed by atoms with Crippen molar-refractivity contribution in [2.75, 3.05) is 6.54 Å². The second-order valence-electron chi connectivity index (χ2n) is 5.88. The molecule has 0 atom stereocenters. The first kappa shape index (κ1) is 15.8. The van der Waals surface area contributed by atoms with Gasteiger partial charge >= 0.3 is 0 Å². The van der Waals surface area contributed by atoms with Gasteiger partial charge in [-0.15, -0.1) is 0 Å². The Labute approximate surface area is 126 Å². The van der Waals surface area contributed by atoms with E-state index in [1.807, 2.05) is 17.0 Å². The lowest BCUT2D eigenvalue weighted by Gasteiger charge is -2.22. The Kier molecular flexibility index (Phi) is 6.05. The molecule has 2 rings (SSSR count). The summed E-state index contributed by atoms with van der Waals surface area (Å²) in [6.07, 6.45) is 7.02. The highest BCUT2D eigenvalue weighted by atomic mass is 16.3. The molecule has 4 heteroatoms. The zero-order chi connectivity index (χ0) is 15.1. The van der Waals surface area contributed by atoms with Gasteiger partial charge in [0.15, 0.2) is 0 Å². The first-order valence-corrected chi connectivity index (χ1v) is 7.98. The van der Waals surface area contributed by atoms with Crippen molar-refractivity contribution in [1.29, 1.82) is 0 Å². The van der Waals surface area contributed by atoms with Crippen LogP contribution in [0.3, 0.4) is 0 Å². The molecule has 4 nitrogen and oxygen atoms in total. The van der Waals surface area contributed by atoms with Gasteiger partial charge in [-0.05, 0) is 49.9 Å². The summed E-state index contributed by atoms with van der Waals surface area (Å²) in [5.74, 6) is 0.506. The lowest BCUT2D eigenvalue weighted by molar-refractivity contribution is -0.132. The summed E-state index contributed by atoms with van der Waals surface area (Å²) < 4.78 is 0. The highest BCUT2D eigenvalue weighted by Crippen LogP contribution is 2.29. The maximum absolute atomic E-state index is 12.4. The van der Waals surface area contributed by atoms with Crippen LogP contribution in [-0.2, 0) is 11.3 Å². The van der Waals surface area contributed by atoms with Crippen molar-refractivity contribution in [1.82, 2.24) is 4.90 Å². The van der Waals surface area contributed by atoms with Crippen molar-refractivity contribution >= 4 is 5.91 Å². The van der Waals surface area contributed by atoms with Crippen molar-refractivity contribution in [2.45, 2.75) is 57.5 Å². The quantitative estimate of drug-likeness (QED) is 0.687. The van der Waals surface area contributed by atoms with E-state index in [9.17, 15) is 9.90 Å². The van der Waals surface area contributed by atoms with Gasteiger partial charge in [0, 0.05) is 19.0 Å². The number of rotatable bonds is 9. The Balaban J connectivity index is 1.82. The third kappa shape index (κ3) is 5.38. The van der Waals surface area contributed by atoms with Crippen LogP contribution in [0.25, 0.3) is 0 Å². The first-order chi connectivity index (χ1) is 10.2. The largest absolute Gasteiger partial charge is 0.508 e. The van der Waals surface area contributed by atoms with Crippen molar-refractivity contribution in [3.8, 4) is 5.75 Å². The number of benzene rings is 1. The van der Waals surface area contributed by atoms with Crippen molar-refractivity contribution < 1.29 is 9.90 Å². The van der Waals surface area contributed by atoms with Gasteiger partial charge in [0.1, 0.15) is 5.75 Å². The summed E-state index contributed by atoms with van der Waals surface area (Å²) in [5, 5.41) is 9.53. The summed E-state index contributed by atoms with van der Waals surface area (Å²) >= 11 is 0. The fraction of sp³-hybridized carbons (Fsp3) is 0.588. The average molecular weight is 290 g/mol. The number of phenolic OH excluding ortho intramolecular Hbond substituents is 1. The molecule has 0 saturated heterocycles. The second kappa shape index (κ2) is 8.03. The topological polar surface area (TPSA) is 66.6 Å². The normalized spacial score (nSPS) is 14.1. The van der Waals surface area contributed by atoms with Crippen LogP contribution in [0.15, 0.2) is 24.3 Å². The van der Waals surface area contributed by atoms with Gasteiger partial charge in [-0.3, -0.25) is 4.79 Å². The van der Waals surface area contributed by atoms with Crippen molar-refractivity contribution in [3.63, 3.8) is 0 Å². The minimum absolute atomic E-state index is 0.244. The summed E-state index contributed by atoms with van der Waals surface area (Å²) in [5.41, 5.74) is 6.47. The van der Waals surface area contributed by atoms with E-state index in [2.05, 4.69) is 0 Å². The predicted molar refractivity (Wildman–Crippen MR) is 83.8 cm³/mol. The lowest BCUT2D eigenvalue weighted by atomic mass is 10.1. The number of hydrogen-bond donors (Lipinski definition) is 2.